The monoisotopic (exact) mass is 506 g/mol. The molecule has 0 amide bonds. The number of aromatic nitrogens is 1. The first kappa shape index (κ1) is 23.9. The van der Waals surface area contributed by atoms with Gasteiger partial charge in [0.05, 0.1) is 14.2 Å². The Morgan fingerprint density at radius 2 is 1.34 bits per heavy atom. The summed E-state index contributed by atoms with van der Waals surface area (Å²) in [4.78, 5) is 6.01. The molecule has 0 aliphatic carbocycles. The van der Waals surface area contributed by atoms with E-state index >= 15 is 0 Å². The Bertz CT molecular complexity index is 965. The van der Waals surface area contributed by atoms with Gasteiger partial charge < -0.3 is 19.1 Å². The third-order valence-electron chi connectivity index (χ3n) is 4.91. The minimum absolute atomic E-state index is 0.329. The summed E-state index contributed by atoms with van der Waals surface area (Å²) in [5.41, 5.74) is 2.29. The molecule has 0 spiro atoms. The molecule has 5 nitrogen and oxygen atoms in total. The molecule has 0 bridgehead atoms. The molecule has 2 aromatic carbocycles. The number of hydrogen-bond acceptors (Lipinski definition) is 5. The summed E-state index contributed by atoms with van der Waals surface area (Å²) in [6, 6.07) is 18.5. The van der Waals surface area contributed by atoms with Crippen LogP contribution in [0.15, 0.2) is 65.3 Å². The van der Waals surface area contributed by atoms with Gasteiger partial charge in [0.25, 0.3) is 0 Å². The molecule has 0 aliphatic rings. The fourth-order valence-electron chi connectivity index (χ4n) is 3.25. The van der Waals surface area contributed by atoms with Gasteiger partial charge in [-0.1, -0.05) is 24.3 Å². The number of halogens is 3. The third kappa shape index (κ3) is 6.17. The molecular formula is C24H25BrF2N2O3. The Morgan fingerprint density at radius 1 is 0.844 bits per heavy atom. The number of nitrogens with zero attached hydrogens (tertiary/aromatic N) is 2. The van der Waals surface area contributed by atoms with Crippen molar-refractivity contribution in [3.63, 3.8) is 0 Å². The molecule has 0 radical (unpaired) electrons. The molecule has 32 heavy (non-hydrogen) atoms. The standard InChI is InChI=1S/C24H25BrF2N2O3/c1-30-16-24(26,27)22-12-19(13-23(25)28-22)29(14-17-4-8-20(31-2)9-5-17)15-18-6-10-21(32-3)11-7-18/h4-13H,14-16H2,1-3H3. The SMILES string of the molecule is COCC(F)(F)c1cc(N(Cc2ccc(OC)cc2)Cc2ccc(OC)cc2)cc(Br)n1. The first-order valence-corrected chi connectivity index (χ1v) is 10.7. The van der Waals surface area contributed by atoms with Gasteiger partial charge in [-0.2, -0.15) is 8.78 Å². The maximum atomic E-state index is 14.5. The number of anilines is 1. The van der Waals surface area contributed by atoms with Crippen LogP contribution in [-0.4, -0.2) is 32.9 Å². The summed E-state index contributed by atoms with van der Waals surface area (Å²) in [5.74, 6) is -1.70. The van der Waals surface area contributed by atoms with E-state index in [1.165, 1.54) is 13.2 Å². The van der Waals surface area contributed by atoms with E-state index < -0.39 is 12.5 Å². The summed E-state index contributed by atoms with van der Waals surface area (Å²) in [7, 11) is 4.47. The number of alkyl halides is 2. The van der Waals surface area contributed by atoms with Crippen molar-refractivity contribution in [2.24, 2.45) is 0 Å². The first-order chi connectivity index (χ1) is 15.3. The van der Waals surface area contributed by atoms with Crippen molar-refractivity contribution < 1.29 is 23.0 Å². The minimum atomic E-state index is -3.21. The quantitative estimate of drug-likeness (QED) is 0.325. The van der Waals surface area contributed by atoms with E-state index in [4.69, 9.17) is 14.2 Å². The van der Waals surface area contributed by atoms with E-state index in [2.05, 4.69) is 20.9 Å². The van der Waals surface area contributed by atoms with Crippen LogP contribution >= 0.6 is 15.9 Å². The maximum absolute atomic E-state index is 14.5. The van der Waals surface area contributed by atoms with Gasteiger partial charge in [0, 0.05) is 25.9 Å². The highest BCUT2D eigenvalue weighted by atomic mass is 79.9. The topological polar surface area (TPSA) is 43.8 Å². The highest BCUT2D eigenvalue weighted by molar-refractivity contribution is 9.10. The summed E-state index contributed by atoms with van der Waals surface area (Å²) in [6.07, 6.45) is 0. The molecule has 0 saturated heterocycles. The molecule has 0 atom stereocenters. The molecule has 0 fully saturated rings. The number of methoxy groups -OCH3 is 3. The predicted molar refractivity (Wildman–Crippen MR) is 124 cm³/mol. The Kier molecular flexibility index (Phi) is 8.04. The molecule has 1 aromatic heterocycles. The predicted octanol–water partition coefficient (Wildman–Crippen LogP) is 5.81. The van der Waals surface area contributed by atoms with Crippen molar-refractivity contribution in [1.82, 2.24) is 4.98 Å². The number of rotatable bonds is 10. The van der Waals surface area contributed by atoms with Crippen molar-refractivity contribution in [1.29, 1.82) is 0 Å². The van der Waals surface area contributed by atoms with Gasteiger partial charge in [-0.15, -0.1) is 0 Å². The summed E-state index contributed by atoms with van der Waals surface area (Å²) in [5, 5.41) is 0. The Morgan fingerprint density at radius 3 is 1.78 bits per heavy atom. The van der Waals surface area contributed by atoms with Crippen molar-refractivity contribution in [3.8, 4) is 11.5 Å². The molecule has 3 rings (SSSR count). The van der Waals surface area contributed by atoms with Crippen LogP contribution in [0.4, 0.5) is 14.5 Å². The van der Waals surface area contributed by atoms with E-state index in [1.54, 1.807) is 20.3 Å². The Hall–Kier alpha value is -2.71. The summed E-state index contributed by atoms with van der Waals surface area (Å²) in [6.45, 7) is 0.260. The van der Waals surface area contributed by atoms with Crippen molar-refractivity contribution in [3.05, 3.63) is 82.1 Å². The van der Waals surface area contributed by atoms with E-state index in [9.17, 15) is 8.78 Å². The lowest BCUT2D eigenvalue weighted by Crippen LogP contribution is -2.25. The van der Waals surface area contributed by atoms with Crippen LogP contribution in [0, 0.1) is 0 Å². The molecule has 0 N–H and O–H groups in total. The van der Waals surface area contributed by atoms with Crippen LogP contribution in [0.5, 0.6) is 11.5 Å². The van der Waals surface area contributed by atoms with Crippen LogP contribution in [0.3, 0.4) is 0 Å². The number of hydrogen-bond donors (Lipinski definition) is 0. The molecule has 1 heterocycles. The average molecular weight is 507 g/mol. The molecule has 8 heteroatoms. The number of benzene rings is 2. The molecule has 170 valence electrons. The molecule has 0 aliphatic heterocycles. The lowest BCUT2D eigenvalue weighted by molar-refractivity contribution is -0.0731. The second-order valence-corrected chi connectivity index (χ2v) is 8.04. The first-order valence-electron chi connectivity index (χ1n) is 9.90. The Balaban J connectivity index is 1.97. The number of pyridine rings is 1. The second-order valence-electron chi connectivity index (χ2n) is 7.22. The van der Waals surface area contributed by atoms with E-state index in [1.807, 2.05) is 53.4 Å². The zero-order chi connectivity index (χ0) is 23.1. The average Bonchev–Trinajstić information content (AvgIpc) is 2.79. The van der Waals surface area contributed by atoms with Gasteiger partial charge in [0.2, 0.25) is 0 Å². The zero-order valence-corrected chi connectivity index (χ0v) is 19.7. The smallest absolute Gasteiger partial charge is 0.312 e. The normalized spacial score (nSPS) is 11.3. The molecule has 0 unspecified atom stereocenters. The summed E-state index contributed by atoms with van der Waals surface area (Å²) >= 11 is 3.29. The van der Waals surface area contributed by atoms with Gasteiger partial charge in [0.1, 0.15) is 28.4 Å². The van der Waals surface area contributed by atoms with E-state index in [0.29, 0.717) is 23.4 Å². The number of ether oxygens (including phenoxy) is 3. The second kappa shape index (κ2) is 10.7. The van der Waals surface area contributed by atoms with Crippen LogP contribution in [-0.2, 0) is 23.7 Å². The van der Waals surface area contributed by atoms with Gasteiger partial charge in [-0.3, -0.25) is 0 Å². The Labute approximate surface area is 195 Å². The highest BCUT2D eigenvalue weighted by Crippen LogP contribution is 2.32. The lowest BCUT2D eigenvalue weighted by Gasteiger charge is -2.27. The lowest BCUT2D eigenvalue weighted by atomic mass is 10.1. The fourth-order valence-corrected chi connectivity index (χ4v) is 3.68. The fraction of sp³-hybridized carbons (Fsp3) is 0.292. The van der Waals surface area contributed by atoms with Crippen molar-refractivity contribution in [2.75, 3.05) is 32.8 Å². The minimum Gasteiger partial charge on any atom is -0.497 e. The van der Waals surface area contributed by atoms with Crippen LogP contribution < -0.4 is 14.4 Å². The zero-order valence-electron chi connectivity index (χ0n) is 18.1. The van der Waals surface area contributed by atoms with Gasteiger partial charge >= 0.3 is 5.92 Å². The van der Waals surface area contributed by atoms with Crippen molar-refractivity contribution >= 4 is 21.6 Å². The van der Waals surface area contributed by atoms with E-state index in [0.717, 1.165) is 22.6 Å². The van der Waals surface area contributed by atoms with Crippen LogP contribution in [0.2, 0.25) is 0 Å². The van der Waals surface area contributed by atoms with E-state index in [-0.39, 0.29) is 5.69 Å². The van der Waals surface area contributed by atoms with Gasteiger partial charge in [-0.05, 0) is 63.5 Å². The third-order valence-corrected chi connectivity index (χ3v) is 5.32. The highest BCUT2D eigenvalue weighted by Gasteiger charge is 2.34. The summed E-state index contributed by atoms with van der Waals surface area (Å²) < 4.78 is 44.6. The van der Waals surface area contributed by atoms with Crippen LogP contribution in [0.1, 0.15) is 16.8 Å². The van der Waals surface area contributed by atoms with Gasteiger partial charge in [-0.25, -0.2) is 4.98 Å². The largest absolute Gasteiger partial charge is 0.497 e. The molecular weight excluding hydrogens is 482 g/mol. The van der Waals surface area contributed by atoms with Crippen molar-refractivity contribution in [2.45, 2.75) is 19.0 Å². The molecule has 3 aromatic rings. The maximum Gasteiger partial charge on any atom is 0.312 e. The van der Waals surface area contributed by atoms with Crippen LogP contribution in [0.25, 0.3) is 0 Å². The molecule has 0 saturated carbocycles. The van der Waals surface area contributed by atoms with Gasteiger partial charge in [0.15, 0.2) is 0 Å².